The van der Waals surface area contributed by atoms with E-state index in [0.29, 0.717) is 0 Å². The van der Waals surface area contributed by atoms with Crippen molar-refractivity contribution in [2.75, 3.05) is 6.61 Å². The van der Waals surface area contributed by atoms with Crippen LogP contribution >= 0.6 is 0 Å². The number of aliphatic hydroxyl groups is 4. The van der Waals surface area contributed by atoms with Crippen LogP contribution in [-0.2, 0) is 9.47 Å². The number of carbonyl (C=O) groups is 1. The lowest BCUT2D eigenvalue weighted by Gasteiger charge is -2.39. The highest BCUT2D eigenvalue weighted by Gasteiger charge is 2.45. The second-order valence-corrected chi connectivity index (χ2v) is 4.46. The molecule has 2 rings (SSSR count). The Bertz CT molecular complexity index is 449. The first-order valence-corrected chi connectivity index (χ1v) is 6.11. The summed E-state index contributed by atoms with van der Waals surface area (Å²) in [5.74, 6) is -0.757. The zero-order valence-electron chi connectivity index (χ0n) is 10.5. The molecule has 110 valence electrons. The molecule has 1 saturated heterocycles. The molecule has 1 aliphatic rings. The Hall–Kier alpha value is -1.51. The van der Waals surface area contributed by atoms with Gasteiger partial charge in [0.05, 0.1) is 12.2 Å². The van der Waals surface area contributed by atoms with Crippen molar-refractivity contribution < 1.29 is 34.7 Å². The first-order valence-electron chi connectivity index (χ1n) is 6.11. The monoisotopic (exact) mass is 284 g/mol. The van der Waals surface area contributed by atoms with Gasteiger partial charge in [-0.1, -0.05) is 18.2 Å². The van der Waals surface area contributed by atoms with E-state index in [2.05, 4.69) is 0 Å². The van der Waals surface area contributed by atoms with E-state index in [4.69, 9.17) is 14.6 Å². The third kappa shape index (κ3) is 2.97. The summed E-state index contributed by atoms with van der Waals surface area (Å²) in [5.41, 5.74) is 0.241. The van der Waals surface area contributed by atoms with Crippen molar-refractivity contribution in [2.45, 2.75) is 30.7 Å². The van der Waals surface area contributed by atoms with Gasteiger partial charge >= 0.3 is 5.97 Å². The van der Waals surface area contributed by atoms with E-state index >= 15 is 0 Å². The highest BCUT2D eigenvalue weighted by atomic mass is 16.7. The largest absolute Gasteiger partial charge is 0.450 e. The van der Waals surface area contributed by atoms with Gasteiger partial charge in [0.25, 0.3) is 0 Å². The summed E-state index contributed by atoms with van der Waals surface area (Å²) in [6, 6.07) is 8.02. The highest BCUT2D eigenvalue weighted by molar-refractivity contribution is 5.89. The topological polar surface area (TPSA) is 116 Å². The fourth-order valence-electron chi connectivity index (χ4n) is 1.96. The summed E-state index contributed by atoms with van der Waals surface area (Å²) in [7, 11) is 0. The third-order valence-electron chi connectivity index (χ3n) is 3.10. The first kappa shape index (κ1) is 14.9. The van der Waals surface area contributed by atoms with E-state index in [1.54, 1.807) is 18.2 Å². The number of hydrogen-bond donors (Lipinski definition) is 4. The van der Waals surface area contributed by atoms with Crippen molar-refractivity contribution in [3.63, 3.8) is 0 Å². The van der Waals surface area contributed by atoms with Crippen molar-refractivity contribution in [1.82, 2.24) is 0 Å². The van der Waals surface area contributed by atoms with Crippen LogP contribution in [0.2, 0.25) is 0 Å². The van der Waals surface area contributed by atoms with Crippen molar-refractivity contribution in [2.24, 2.45) is 0 Å². The lowest BCUT2D eigenvalue weighted by Crippen LogP contribution is -2.59. The Labute approximate surface area is 115 Å². The summed E-state index contributed by atoms with van der Waals surface area (Å²) in [6.07, 6.45) is -7.20. The Kier molecular flexibility index (Phi) is 4.69. The zero-order valence-corrected chi connectivity index (χ0v) is 10.5. The van der Waals surface area contributed by atoms with E-state index < -0.39 is 43.3 Å². The van der Waals surface area contributed by atoms with E-state index in [1.165, 1.54) is 12.1 Å². The predicted molar refractivity (Wildman–Crippen MR) is 65.6 cm³/mol. The lowest BCUT2D eigenvalue weighted by molar-refractivity contribution is -0.285. The fraction of sp³-hybridized carbons (Fsp3) is 0.462. The molecule has 0 amide bonds. The first-order chi connectivity index (χ1) is 9.54. The molecule has 20 heavy (non-hydrogen) atoms. The standard InChI is InChI=1S/C13H16O7/c14-6-8-9(15)10(16)11(13(18)19-8)20-12(17)7-4-2-1-3-5-7/h1-5,8-11,13-16,18H,6H2/t8-,9-,10+,11-,13-/m1/s1. The molecule has 7 nitrogen and oxygen atoms in total. The van der Waals surface area contributed by atoms with Gasteiger partial charge in [0.1, 0.15) is 18.3 Å². The molecule has 1 heterocycles. The van der Waals surface area contributed by atoms with Crippen LogP contribution < -0.4 is 0 Å². The SMILES string of the molecule is O=C(O[C@@H]1[C@@H](O)[C@H](O)[C@@H](CO)O[C@H]1O)c1ccccc1. The van der Waals surface area contributed by atoms with Crippen LogP contribution in [0, 0.1) is 0 Å². The zero-order chi connectivity index (χ0) is 14.7. The molecule has 5 atom stereocenters. The average Bonchev–Trinajstić information content (AvgIpc) is 2.48. The van der Waals surface area contributed by atoms with Gasteiger partial charge in [-0.2, -0.15) is 0 Å². The molecule has 4 N–H and O–H groups in total. The van der Waals surface area contributed by atoms with E-state index in [0.717, 1.165) is 0 Å². The maximum Gasteiger partial charge on any atom is 0.338 e. The maximum atomic E-state index is 11.8. The molecule has 0 aliphatic carbocycles. The number of carbonyl (C=O) groups excluding carboxylic acids is 1. The number of rotatable bonds is 3. The van der Waals surface area contributed by atoms with E-state index in [9.17, 15) is 20.1 Å². The van der Waals surface area contributed by atoms with Crippen LogP contribution in [0.1, 0.15) is 10.4 Å². The predicted octanol–water partition coefficient (Wildman–Crippen LogP) is -1.36. The molecule has 0 saturated carbocycles. The van der Waals surface area contributed by atoms with Crippen molar-refractivity contribution in [1.29, 1.82) is 0 Å². The molecule has 0 bridgehead atoms. The van der Waals surface area contributed by atoms with Crippen molar-refractivity contribution in [3.05, 3.63) is 35.9 Å². The maximum absolute atomic E-state index is 11.8. The van der Waals surface area contributed by atoms with Crippen LogP contribution in [0.25, 0.3) is 0 Å². The number of benzene rings is 1. The lowest BCUT2D eigenvalue weighted by atomic mass is 9.99. The summed E-state index contributed by atoms with van der Waals surface area (Å²) >= 11 is 0. The summed E-state index contributed by atoms with van der Waals surface area (Å²) in [4.78, 5) is 11.8. The Morgan fingerprint density at radius 3 is 2.40 bits per heavy atom. The minimum absolute atomic E-state index is 0.241. The van der Waals surface area contributed by atoms with Crippen LogP contribution in [0.15, 0.2) is 30.3 Å². The molecule has 1 aliphatic heterocycles. The van der Waals surface area contributed by atoms with Gasteiger partial charge in [-0.15, -0.1) is 0 Å². The normalized spacial score (nSPS) is 33.7. The summed E-state index contributed by atoms with van der Waals surface area (Å²) < 4.78 is 9.85. The summed E-state index contributed by atoms with van der Waals surface area (Å²) in [5, 5.41) is 38.1. The number of aliphatic hydroxyl groups excluding tert-OH is 4. The molecule has 1 fully saturated rings. The van der Waals surface area contributed by atoms with Crippen molar-refractivity contribution >= 4 is 5.97 Å². The van der Waals surface area contributed by atoms with Crippen LogP contribution in [0.4, 0.5) is 0 Å². The molecule has 0 unspecified atom stereocenters. The highest BCUT2D eigenvalue weighted by Crippen LogP contribution is 2.23. The van der Waals surface area contributed by atoms with Gasteiger partial charge in [0, 0.05) is 0 Å². The second kappa shape index (κ2) is 6.29. The minimum atomic E-state index is -1.63. The molecular formula is C13H16O7. The smallest absolute Gasteiger partial charge is 0.338 e. The van der Waals surface area contributed by atoms with Crippen LogP contribution in [-0.4, -0.2) is 63.7 Å². The van der Waals surface area contributed by atoms with Gasteiger partial charge in [0.2, 0.25) is 0 Å². The van der Waals surface area contributed by atoms with E-state index in [-0.39, 0.29) is 5.56 Å². The number of hydrogen-bond acceptors (Lipinski definition) is 7. The minimum Gasteiger partial charge on any atom is -0.450 e. The molecule has 0 aromatic heterocycles. The van der Waals surface area contributed by atoms with Gasteiger partial charge in [0.15, 0.2) is 12.4 Å². The number of ether oxygens (including phenoxy) is 2. The molecule has 1 aromatic carbocycles. The van der Waals surface area contributed by atoms with Gasteiger partial charge in [-0.05, 0) is 12.1 Å². The van der Waals surface area contributed by atoms with Gasteiger partial charge < -0.3 is 29.9 Å². The van der Waals surface area contributed by atoms with Crippen LogP contribution in [0.3, 0.4) is 0 Å². The fourth-order valence-corrected chi connectivity index (χ4v) is 1.96. The van der Waals surface area contributed by atoms with Crippen LogP contribution in [0.5, 0.6) is 0 Å². The molecule has 1 aromatic rings. The second-order valence-electron chi connectivity index (χ2n) is 4.46. The molecule has 7 heteroatoms. The molecular weight excluding hydrogens is 268 g/mol. The Morgan fingerprint density at radius 1 is 1.15 bits per heavy atom. The quantitative estimate of drug-likeness (QED) is 0.507. The van der Waals surface area contributed by atoms with Crippen molar-refractivity contribution in [3.8, 4) is 0 Å². The van der Waals surface area contributed by atoms with Gasteiger partial charge in [-0.25, -0.2) is 4.79 Å². The Morgan fingerprint density at radius 2 is 1.80 bits per heavy atom. The molecule has 0 radical (unpaired) electrons. The summed E-state index contributed by atoms with van der Waals surface area (Å²) in [6.45, 7) is -0.575. The number of esters is 1. The average molecular weight is 284 g/mol. The van der Waals surface area contributed by atoms with Gasteiger partial charge in [-0.3, -0.25) is 0 Å². The van der Waals surface area contributed by atoms with E-state index in [1.807, 2.05) is 0 Å². The molecule has 0 spiro atoms. The Balaban J connectivity index is 2.07. The third-order valence-corrected chi connectivity index (χ3v) is 3.10.